The molecule has 0 spiro atoms. The van der Waals surface area contributed by atoms with E-state index in [9.17, 15) is 9.18 Å². The number of nitrogens with two attached hydrogens (primary N) is 1. The van der Waals surface area contributed by atoms with Crippen molar-refractivity contribution < 1.29 is 9.18 Å². The van der Waals surface area contributed by atoms with Gasteiger partial charge in [-0.25, -0.2) is 4.39 Å². The molecule has 0 saturated carbocycles. The molecule has 0 radical (unpaired) electrons. The number of carbonyl (C=O) groups excluding carboxylic acids is 1. The number of hydrogen-bond acceptors (Lipinski definition) is 2. The van der Waals surface area contributed by atoms with Gasteiger partial charge in [-0.05, 0) is 49.2 Å². The average molecular weight is 286 g/mol. The molecule has 3 nitrogen and oxygen atoms in total. The predicted octanol–water partition coefficient (Wildman–Crippen LogP) is 3.55. The highest BCUT2D eigenvalue weighted by Crippen LogP contribution is 2.22. The van der Waals surface area contributed by atoms with Gasteiger partial charge in [0.05, 0.1) is 6.04 Å². The number of nitrogen functional groups attached to an aromatic ring is 1. The number of amides is 1. The van der Waals surface area contributed by atoms with Crippen LogP contribution in [0.15, 0.2) is 42.5 Å². The molecule has 1 unspecified atom stereocenters. The lowest BCUT2D eigenvalue weighted by Gasteiger charge is -2.25. The summed E-state index contributed by atoms with van der Waals surface area (Å²) in [4.78, 5) is 14.1. The summed E-state index contributed by atoms with van der Waals surface area (Å²) in [6.07, 6.45) is 0. The minimum absolute atomic E-state index is 0.112. The van der Waals surface area contributed by atoms with Gasteiger partial charge in [-0.3, -0.25) is 4.79 Å². The van der Waals surface area contributed by atoms with E-state index in [1.54, 1.807) is 36.2 Å². The summed E-state index contributed by atoms with van der Waals surface area (Å²) in [5, 5.41) is 0. The maximum absolute atomic E-state index is 13.0. The van der Waals surface area contributed by atoms with Crippen LogP contribution < -0.4 is 5.73 Å². The predicted molar refractivity (Wildman–Crippen MR) is 82.5 cm³/mol. The van der Waals surface area contributed by atoms with Crippen molar-refractivity contribution in [1.29, 1.82) is 0 Å². The summed E-state index contributed by atoms with van der Waals surface area (Å²) in [5.74, 6) is -0.398. The zero-order valence-electron chi connectivity index (χ0n) is 12.4. The van der Waals surface area contributed by atoms with Crippen LogP contribution in [0.25, 0.3) is 0 Å². The molecular formula is C17H19FN2O. The molecular weight excluding hydrogens is 267 g/mol. The van der Waals surface area contributed by atoms with Crippen LogP contribution >= 0.6 is 0 Å². The Labute approximate surface area is 124 Å². The zero-order valence-corrected chi connectivity index (χ0v) is 12.4. The fourth-order valence-corrected chi connectivity index (χ4v) is 2.12. The third-order valence-electron chi connectivity index (χ3n) is 3.78. The molecule has 0 aliphatic heterocycles. The van der Waals surface area contributed by atoms with E-state index in [1.807, 2.05) is 19.9 Å². The molecule has 2 N–H and O–H groups in total. The Morgan fingerprint density at radius 3 is 2.38 bits per heavy atom. The number of aryl methyl sites for hydroxylation is 1. The first-order valence-electron chi connectivity index (χ1n) is 6.79. The van der Waals surface area contributed by atoms with Gasteiger partial charge < -0.3 is 10.6 Å². The van der Waals surface area contributed by atoms with E-state index in [-0.39, 0.29) is 17.8 Å². The van der Waals surface area contributed by atoms with Crippen molar-refractivity contribution in [3.8, 4) is 0 Å². The molecule has 1 amide bonds. The Balaban J connectivity index is 2.21. The molecule has 1 atom stereocenters. The Morgan fingerprint density at radius 2 is 1.81 bits per heavy atom. The van der Waals surface area contributed by atoms with E-state index in [2.05, 4.69) is 0 Å². The third kappa shape index (κ3) is 3.21. The van der Waals surface area contributed by atoms with Crippen LogP contribution in [0, 0.1) is 12.7 Å². The number of anilines is 1. The largest absolute Gasteiger partial charge is 0.398 e. The summed E-state index contributed by atoms with van der Waals surface area (Å²) in [5.41, 5.74) is 8.83. The summed E-state index contributed by atoms with van der Waals surface area (Å²) in [6.45, 7) is 3.80. The molecule has 2 aromatic rings. The van der Waals surface area contributed by atoms with E-state index in [0.717, 1.165) is 11.1 Å². The van der Waals surface area contributed by atoms with Crippen LogP contribution in [0.4, 0.5) is 10.1 Å². The number of rotatable bonds is 3. The number of halogens is 1. The van der Waals surface area contributed by atoms with Crippen LogP contribution in [-0.4, -0.2) is 17.9 Å². The summed E-state index contributed by atoms with van der Waals surface area (Å²) < 4.78 is 13.0. The third-order valence-corrected chi connectivity index (χ3v) is 3.78. The normalized spacial score (nSPS) is 12.0. The fourth-order valence-electron chi connectivity index (χ4n) is 2.12. The van der Waals surface area contributed by atoms with Crippen molar-refractivity contribution in [2.45, 2.75) is 19.9 Å². The Morgan fingerprint density at radius 1 is 1.19 bits per heavy atom. The molecule has 110 valence electrons. The molecule has 4 heteroatoms. The molecule has 21 heavy (non-hydrogen) atoms. The monoisotopic (exact) mass is 286 g/mol. The van der Waals surface area contributed by atoms with Crippen molar-refractivity contribution in [3.63, 3.8) is 0 Å². The first kappa shape index (κ1) is 15.0. The fraction of sp³-hybridized carbons (Fsp3) is 0.235. The Hall–Kier alpha value is -2.36. The van der Waals surface area contributed by atoms with E-state index in [0.29, 0.717) is 11.3 Å². The molecule has 2 aromatic carbocycles. The van der Waals surface area contributed by atoms with E-state index in [1.165, 1.54) is 12.1 Å². The first-order valence-corrected chi connectivity index (χ1v) is 6.79. The molecule has 0 aliphatic carbocycles. The van der Waals surface area contributed by atoms with Crippen molar-refractivity contribution >= 4 is 11.6 Å². The zero-order chi connectivity index (χ0) is 15.6. The highest BCUT2D eigenvalue weighted by Gasteiger charge is 2.19. The van der Waals surface area contributed by atoms with E-state index in [4.69, 9.17) is 5.73 Å². The first-order chi connectivity index (χ1) is 9.90. The lowest BCUT2D eigenvalue weighted by Crippen LogP contribution is -2.29. The molecule has 0 aliphatic rings. The maximum atomic E-state index is 13.0. The molecule has 0 heterocycles. The molecule has 2 rings (SSSR count). The highest BCUT2D eigenvalue weighted by atomic mass is 19.1. The smallest absolute Gasteiger partial charge is 0.254 e. The topological polar surface area (TPSA) is 46.3 Å². The van der Waals surface area contributed by atoms with Crippen LogP contribution in [0.3, 0.4) is 0 Å². The number of carbonyl (C=O) groups is 1. The second-order valence-corrected chi connectivity index (χ2v) is 5.21. The lowest BCUT2D eigenvalue weighted by atomic mass is 10.1. The Kier molecular flexibility index (Phi) is 4.26. The van der Waals surface area contributed by atoms with Gasteiger partial charge >= 0.3 is 0 Å². The average Bonchev–Trinajstić information content (AvgIpc) is 2.48. The summed E-state index contributed by atoms with van der Waals surface area (Å²) in [7, 11) is 1.73. The van der Waals surface area contributed by atoms with Gasteiger partial charge in [0, 0.05) is 18.3 Å². The molecule has 0 aromatic heterocycles. The molecule has 0 bridgehead atoms. The summed E-state index contributed by atoms with van der Waals surface area (Å²) in [6, 6.07) is 11.3. The standard InChI is InChI=1S/C17H19FN2O/c1-11-4-5-14(10-16(11)19)17(21)20(3)12(2)13-6-8-15(18)9-7-13/h4-10,12H,19H2,1-3H3. The number of benzene rings is 2. The van der Waals surface area contributed by atoms with E-state index >= 15 is 0 Å². The molecule has 0 saturated heterocycles. The van der Waals surface area contributed by atoms with Crippen molar-refractivity contribution in [3.05, 3.63) is 65.0 Å². The second-order valence-electron chi connectivity index (χ2n) is 5.21. The van der Waals surface area contributed by atoms with Gasteiger partial charge in [0.25, 0.3) is 5.91 Å². The van der Waals surface area contributed by atoms with Crippen molar-refractivity contribution in [2.75, 3.05) is 12.8 Å². The maximum Gasteiger partial charge on any atom is 0.254 e. The van der Waals surface area contributed by atoms with E-state index < -0.39 is 0 Å². The van der Waals surface area contributed by atoms with Gasteiger partial charge in [-0.15, -0.1) is 0 Å². The van der Waals surface area contributed by atoms with Gasteiger partial charge in [-0.2, -0.15) is 0 Å². The SMILES string of the molecule is Cc1ccc(C(=O)N(C)C(C)c2ccc(F)cc2)cc1N. The van der Waals surface area contributed by atoms with Gasteiger partial charge in [0.15, 0.2) is 0 Å². The van der Waals surface area contributed by atoms with Crippen LogP contribution in [0.1, 0.15) is 34.5 Å². The number of hydrogen-bond donors (Lipinski definition) is 1. The number of nitrogens with zero attached hydrogens (tertiary/aromatic N) is 1. The second kappa shape index (κ2) is 5.95. The highest BCUT2D eigenvalue weighted by molar-refractivity contribution is 5.95. The lowest BCUT2D eigenvalue weighted by molar-refractivity contribution is 0.0742. The summed E-state index contributed by atoms with van der Waals surface area (Å²) >= 11 is 0. The van der Waals surface area contributed by atoms with Gasteiger partial charge in [-0.1, -0.05) is 18.2 Å². The van der Waals surface area contributed by atoms with Crippen LogP contribution in [-0.2, 0) is 0 Å². The Bertz CT molecular complexity index is 652. The molecule has 0 fully saturated rings. The quantitative estimate of drug-likeness (QED) is 0.877. The van der Waals surface area contributed by atoms with Gasteiger partial charge in [0.1, 0.15) is 5.82 Å². The van der Waals surface area contributed by atoms with Crippen LogP contribution in [0.2, 0.25) is 0 Å². The van der Waals surface area contributed by atoms with Crippen molar-refractivity contribution in [2.24, 2.45) is 0 Å². The van der Waals surface area contributed by atoms with Crippen molar-refractivity contribution in [1.82, 2.24) is 4.90 Å². The minimum Gasteiger partial charge on any atom is -0.398 e. The minimum atomic E-state index is -0.286. The van der Waals surface area contributed by atoms with Crippen LogP contribution in [0.5, 0.6) is 0 Å². The van der Waals surface area contributed by atoms with Gasteiger partial charge in [0.2, 0.25) is 0 Å².